The highest BCUT2D eigenvalue weighted by Gasteiger charge is 2.26. The molecule has 2 aromatic carbocycles. The molecule has 0 aliphatic heterocycles. The van der Waals surface area contributed by atoms with Crippen molar-refractivity contribution in [1.82, 2.24) is 0 Å². The Morgan fingerprint density at radius 2 is 1.63 bits per heavy atom. The fourth-order valence-electron chi connectivity index (χ4n) is 2.45. The van der Waals surface area contributed by atoms with Crippen LogP contribution in [0.4, 0.5) is 8.78 Å². The van der Waals surface area contributed by atoms with Crippen LogP contribution in [0.25, 0.3) is 6.08 Å². The summed E-state index contributed by atoms with van der Waals surface area (Å²) in [6.45, 7) is 0. The molecule has 0 unspecified atom stereocenters. The van der Waals surface area contributed by atoms with Crippen LogP contribution in [0.2, 0.25) is 0 Å². The number of rotatable bonds is 1. The van der Waals surface area contributed by atoms with E-state index >= 15 is 0 Å². The lowest BCUT2D eigenvalue weighted by molar-refractivity contribution is 0.159. The largest absolute Gasteiger partial charge is 0.387 e. The number of aliphatic hydroxyl groups excluding tert-OH is 1. The first kappa shape index (κ1) is 12.1. The molecule has 0 spiro atoms. The summed E-state index contributed by atoms with van der Waals surface area (Å²) in [7, 11) is 0. The summed E-state index contributed by atoms with van der Waals surface area (Å²) < 4.78 is 26.5. The van der Waals surface area contributed by atoms with Crippen molar-refractivity contribution in [2.75, 3.05) is 0 Å². The Bertz CT molecular complexity index is 635. The van der Waals surface area contributed by atoms with Crippen LogP contribution in [0.1, 0.15) is 28.7 Å². The van der Waals surface area contributed by atoms with E-state index < -0.39 is 17.7 Å². The molecule has 0 heterocycles. The molecular formula is C16H12F2O. The standard InChI is InChI=1S/C16H12F2O/c17-14-8-11-6-7-12(10-4-2-1-3-5-10)16(19)13(11)9-15(14)18/h1-9,12,16,19H/t12-,16+/m0/s1. The topological polar surface area (TPSA) is 20.2 Å². The molecule has 0 fully saturated rings. The molecule has 0 saturated heterocycles. The van der Waals surface area contributed by atoms with E-state index in [1.807, 2.05) is 36.4 Å². The van der Waals surface area contributed by atoms with Crippen LogP contribution >= 0.6 is 0 Å². The van der Waals surface area contributed by atoms with Crippen LogP contribution in [0.5, 0.6) is 0 Å². The molecule has 0 amide bonds. The van der Waals surface area contributed by atoms with Crippen LogP contribution in [-0.4, -0.2) is 5.11 Å². The van der Waals surface area contributed by atoms with Gasteiger partial charge in [0.05, 0.1) is 6.10 Å². The van der Waals surface area contributed by atoms with E-state index in [2.05, 4.69) is 0 Å². The molecular weight excluding hydrogens is 246 g/mol. The quantitative estimate of drug-likeness (QED) is 0.824. The second-order valence-corrected chi connectivity index (χ2v) is 4.64. The first-order chi connectivity index (χ1) is 9.16. The van der Waals surface area contributed by atoms with Crippen molar-refractivity contribution in [2.24, 2.45) is 0 Å². The zero-order valence-corrected chi connectivity index (χ0v) is 10.1. The SMILES string of the molecule is O[C@H]1c2cc(F)c(F)cc2C=C[C@H]1c1ccccc1. The van der Waals surface area contributed by atoms with E-state index in [1.54, 1.807) is 6.08 Å². The molecule has 2 aromatic rings. The van der Waals surface area contributed by atoms with Crippen LogP contribution in [0.3, 0.4) is 0 Å². The van der Waals surface area contributed by atoms with Crippen molar-refractivity contribution in [3.8, 4) is 0 Å². The van der Waals surface area contributed by atoms with Gasteiger partial charge in [-0.1, -0.05) is 42.5 Å². The van der Waals surface area contributed by atoms with Crippen LogP contribution in [-0.2, 0) is 0 Å². The van der Waals surface area contributed by atoms with Gasteiger partial charge in [-0.25, -0.2) is 8.78 Å². The van der Waals surface area contributed by atoms with Gasteiger partial charge in [0.2, 0.25) is 0 Å². The first-order valence-electron chi connectivity index (χ1n) is 6.07. The predicted octanol–water partition coefficient (Wildman–Crippen LogP) is 3.81. The maximum atomic E-state index is 13.3. The Labute approximate surface area is 109 Å². The Morgan fingerprint density at radius 3 is 2.37 bits per heavy atom. The Balaban J connectivity index is 2.05. The molecule has 96 valence electrons. The summed E-state index contributed by atoms with van der Waals surface area (Å²) in [6.07, 6.45) is 2.68. The number of benzene rings is 2. The minimum atomic E-state index is -0.931. The van der Waals surface area contributed by atoms with Gasteiger partial charge in [-0.15, -0.1) is 0 Å². The van der Waals surface area contributed by atoms with E-state index in [0.717, 1.165) is 17.7 Å². The van der Waals surface area contributed by atoms with Gasteiger partial charge in [0.1, 0.15) is 0 Å². The third kappa shape index (κ3) is 2.06. The lowest BCUT2D eigenvalue weighted by Gasteiger charge is -2.26. The minimum absolute atomic E-state index is 0.237. The van der Waals surface area contributed by atoms with E-state index in [-0.39, 0.29) is 5.92 Å². The molecule has 3 heteroatoms. The number of halogens is 2. The number of hydrogen-bond donors (Lipinski definition) is 1. The van der Waals surface area contributed by atoms with Crippen molar-refractivity contribution in [2.45, 2.75) is 12.0 Å². The average Bonchev–Trinajstić information content (AvgIpc) is 2.42. The van der Waals surface area contributed by atoms with Crippen molar-refractivity contribution < 1.29 is 13.9 Å². The summed E-state index contributed by atoms with van der Waals surface area (Å²) in [5, 5.41) is 10.3. The number of fused-ring (bicyclic) bond motifs is 1. The maximum absolute atomic E-state index is 13.3. The van der Waals surface area contributed by atoms with Crippen molar-refractivity contribution in [3.05, 3.63) is 76.9 Å². The van der Waals surface area contributed by atoms with E-state index in [4.69, 9.17) is 0 Å². The predicted molar refractivity (Wildman–Crippen MR) is 69.5 cm³/mol. The van der Waals surface area contributed by atoms with E-state index in [0.29, 0.717) is 11.1 Å². The smallest absolute Gasteiger partial charge is 0.159 e. The van der Waals surface area contributed by atoms with Gasteiger partial charge in [0.15, 0.2) is 11.6 Å². The molecule has 2 atom stereocenters. The van der Waals surface area contributed by atoms with Crippen molar-refractivity contribution >= 4 is 6.08 Å². The lowest BCUT2D eigenvalue weighted by Crippen LogP contribution is -2.14. The molecule has 0 bridgehead atoms. The molecule has 0 aromatic heterocycles. The Morgan fingerprint density at radius 1 is 0.947 bits per heavy atom. The fraction of sp³-hybridized carbons (Fsp3) is 0.125. The second-order valence-electron chi connectivity index (χ2n) is 4.64. The zero-order chi connectivity index (χ0) is 13.4. The van der Waals surface area contributed by atoms with Gasteiger partial charge in [0, 0.05) is 5.92 Å². The molecule has 1 aliphatic rings. The molecule has 0 radical (unpaired) electrons. The molecule has 19 heavy (non-hydrogen) atoms. The van der Waals surface area contributed by atoms with Gasteiger partial charge in [-0.3, -0.25) is 0 Å². The fourth-order valence-corrected chi connectivity index (χ4v) is 2.45. The first-order valence-corrected chi connectivity index (χ1v) is 6.07. The highest BCUT2D eigenvalue weighted by atomic mass is 19.2. The third-order valence-corrected chi connectivity index (χ3v) is 3.45. The van der Waals surface area contributed by atoms with Crippen molar-refractivity contribution in [3.63, 3.8) is 0 Å². The number of hydrogen-bond acceptors (Lipinski definition) is 1. The highest BCUT2D eigenvalue weighted by Crippen LogP contribution is 2.39. The van der Waals surface area contributed by atoms with Gasteiger partial charge < -0.3 is 5.11 Å². The summed E-state index contributed by atoms with van der Waals surface area (Å²) >= 11 is 0. The monoisotopic (exact) mass is 258 g/mol. The molecule has 1 N–H and O–H groups in total. The molecule has 0 saturated carbocycles. The van der Waals surface area contributed by atoms with E-state index in [1.165, 1.54) is 0 Å². The van der Waals surface area contributed by atoms with E-state index in [9.17, 15) is 13.9 Å². The van der Waals surface area contributed by atoms with Gasteiger partial charge >= 0.3 is 0 Å². The van der Waals surface area contributed by atoms with Crippen molar-refractivity contribution in [1.29, 1.82) is 0 Å². The maximum Gasteiger partial charge on any atom is 0.159 e. The van der Waals surface area contributed by atoms with Crippen LogP contribution in [0.15, 0.2) is 48.5 Å². The van der Waals surface area contributed by atoms with Gasteiger partial charge in [-0.2, -0.15) is 0 Å². The second kappa shape index (κ2) is 4.59. The van der Waals surface area contributed by atoms with Gasteiger partial charge in [0.25, 0.3) is 0 Å². The highest BCUT2D eigenvalue weighted by molar-refractivity contribution is 5.60. The minimum Gasteiger partial charge on any atom is -0.387 e. The molecule has 1 nitrogen and oxygen atoms in total. The van der Waals surface area contributed by atoms with Crippen LogP contribution in [0, 0.1) is 11.6 Å². The summed E-state index contributed by atoms with van der Waals surface area (Å²) in [6, 6.07) is 11.7. The summed E-state index contributed by atoms with van der Waals surface area (Å²) in [4.78, 5) is 0. The summed E-state index contributed by atoms with van der Waals surface area (Å²) in [5.74, 6) is -2.06. The van der Waals surface area contributed by atoms with Crippen LogP contribution < -0.4 is 0 Å². The van der Waals surface area contributed by atoms with Gasteiger partial charge in [-0.05, 0) is 28.8 Å². The molecule has 3 rings (SSSR count). The average molecular weight is 258 g/mol. The third-order valence-electron chi connectivity index (χ3n) is 3.45. The zero-order valence-electron chi connectivity index (χ0n) is 10.1. The number of aliphatic hydroxyl groups is 1. The normalized spacial score (nSPS) is 21.2. The summed E-state index contributed by atoms with van der Waals surface area (Å²) in [5.41, 5.74) is 1.90. The Hall–Kier alpha value is -2.00. The molecule has 1 aliphatic carbocycles. The lowest BCUT2D eigenvalue weighted by atomic mass is 9.82. The Kier molecular flexibility index (Phi) is 2.91.